The molecule has 2 aromatic carbocycles. The molecule has 0 fully saturated rings. The number of methoxy groups -OCH3 is 1. The predicted molar refractivity (Wildman–Crippen MR) is 136 cm³/mol. The molecular weight excluding hydrogens is 452 g/mol. The molecule has 0 saturated heterocycles. The maximum Gasteiger partial charge on any atom is 0.321 e. The molecule has 178 valence electrons. The van der Waals surface area contributed by atoms with Crippen LogP contribution in [0.3, 0.4) is 0 Å². The summed E-state index contributed by atoms with van der Waals surface area (Å²) in [6, 6.07) is 14.4. The van der Waals surface area contributed by atoms with E-state index in [0.717, 1.165) is 17.3 Å². The lowest BCUT2D eigenvalue weighted by Crippen LogP contribution is -2.42. The standard InChI is InChI=1S/C25H28N4O4S/c1-15(2)18-11-9-17(10-12-18)13-21-23(31)29(19-7-6-8-20(14-19)33-5)25(27-21)34-16(3)22(30)28-24(32)26-4/h6-16H,1-5H3,(H2,26,28,30,32)/b21-13+/t16-/m1/s1. The van der Waals surface area contributed by atoms with Gasteiger partial charge < -0.3 is 10.1 Å². The van der Waals surface area contributed by atoms with Gasteiger partial charge in [-0.05, 0) is 42.2 Å². The lowest BCUT2D eigenvalue weighted by molar-refractivity contribution is -0.119. The lowest BCUT2D eigenvalue weighted by atomic mass is 10.0. The number of anilines is 1. The third kappa shape index (κ3) is 5.85. The Kier molecular flexibility index (Phi) is 8.12. The van der Waals surface area contributed by atoms with E-state index in [4.69, 9.17) is 4.74 Å². The van der Waals surface area contributed by atoms with Gasteiger partial charge in [0.05, 0.1) is 18.0 Å². The Morgan fingerprint density at radius 2 is 1.82 bits per heavy atom. The minimum atomic E-state index is -0.679. The van der Waals surface area contributed by atoms with E-state index in [0.29, 0.717) is 22.5 Å². The molecule has 3 rings (SSSR count). The van der Waals surface area contributed by atoms with Crippen LogP contribution in [0.25, 0.3) is 6.08 Å². The number of nitrogens with one attached hydrogen (secondary N) is 2. The van der Waals surface area contributed by atoms with Crippen LogP contribution in [-0.2, 0) is 9.59 Å². The average molecular weight is 481 g/mol. The number of amidine groups is 1. The Morgan fingerprint density at radius 1 is 1.12 bits per heavy atom. The molecule has 2 aromatic rings. The fourth-order valence-corrected chi connectivity index (χ4v) is 4.10. The highest BCUT2D eigenvalue weighted by Crippen LogP contribution is 2.33. The number of hydrogen-bond donors (Lipinski definition) is 2. The normalized spacial score (nSPS) is 15.4. The molecule has 0 aliphatic carbocycles. The van der Waals surface area contributed by atoms with Crippen LogP contribution in [0.2, 0.25) is 0 Å². The Balaban J connectivity index is 1.95. The number of imide groups is 1. The van der Waals surface area contributed by atoms with Crippen LogP contribution in [-0.4, -0.2) is 42.4 Å². The molecule has 0 bridgehead atoms. The minimum Gasteiger partial charge on any atom is -0.497 e. The van der Waals surface area contributed by atoms with E-state index in [-0.39, 0.29) is 11.6 Å². The van der Waals surface area contributed by atoms with Crippen LogP contribution in [0.1, 0.15) is 37.8 Å². The predicted octanol–water partition coefficient (Wildman–Crippen LogP) is 4.14. The summed E-state index contributed by atoms with van der Waals surface area (Å²) in [5.74, 6) is 0.179. The fraction of sp³-hybridized carbons (Fsp3) is 0.280. The lowest BCUT2D eigenvalue weighted by Gasteiger charge is -2.20. The quantitative estimate of drug-likeness (QED) is 0.606. The van der Waals surface area contributed by atoms with Gasteiger partial charge in [0, 0.05) is 13.1 Å². The smallest absolute Gasteiger partial charge is 0.321 e. The largest absolute Gasteiger partial charge is 0.497 e. The molecule has 4 amide bonds. The first-order valence-corrected chi connectivity index (χ1v) is 11.7. The molecule has 0 spiro atoms. The number of thioether (sulfide) groups is 1. The maximum absolute atomic E-state index is 13.4. The number of rotatable bonds is 6. The zero-order valence-corrected chi connectivity index (χ0v) is 20.6. The van der Waals surface area contributed by atoms with Gasteiger partial charge in [0.2, 0.25) is 5.91 Å². The summed E-state index contributed by atoms with van der Waals surface area (Å²) in [7, 11) is 2.97. The summed E-state index contributed by atoms with van der Waals surface area (Å²) in [5.41, 5.74) is 2.86. The molecular formula is C25H28N4O4S. The van der Waals surface area contributed by atoms with E-state index >= 15 is 0 Å². The van der Waals surface area contributed by atoms with E-state index in [1.807, 2.05) is 24.3 Å². The molecule has 8 nitrogen and oxygen atoms in total. The molecule has 0 saturated carbocycles. The van der Waals surface area contributed by atoms with E-state index in [2.05, 4.69) is 29.5 Å². The van der Waals surface area contributed by atoms with Gasteiger partial charge in [-0.1, -0.05) is 55.9 Å². The molecule has 0 unspecified atom stereocenters. The van der Waals surface area contributed by atoms with Gasteiger partial charge in [0.1, 0.15) is 11.4 Å². The molecule has 34 heavy (non-hydrogen) atoms. The number of nitrogens with zero attached hydrogens (tertiary/aromatic N) is 2. The second kappa shape index (κ2) is 11.0. The number of ether oxygens (including phenoxy) is 1. The third-order valence-corrected chi connectivity index (χ3v) is 6.22. The van der Waals surface area contributed by atoms with Crippen molar-refractivity contribution in [3.05, 3.63) is 65.4 Å². The van der Waals surface area contributed by atoms with Gasteiger partial charge in [-0.25, -0.2) is 9.79 Å². The van der Waals surface area contributed by atoms with Crippen LogP contribution in [0.4, 0.5) is 10.5 Å². The van der Waals surface area contributed by atoms with Crippen molar-refractivity contribution >= 4 is 46.5 Å². The monoisotopic (exact) mass is 480 g/mol. The van der Waals surface area contributed by atoms with Gasteiger partial charge in [-0.2, -0.15) is 0 Å². The molecule has 9 heteroatoms. The van der Waals surface area contributed by atoms with Gasteiger partial charge >= 0.3 is 6.03 Å². The average Bonchev–Trinajstić information content (AvgIpc) is 3.13. The summed E-state index contributed by atoms with van der Waals surface area (Å²) >= 11 is 1.09. The zero-order chi connectivity index (χ0) is 24.8. The topological polar surface area (TPSA) is 100 Å². The number of hydrogen-bond acceptors (Lipinski definition) is 6. The van der Waals surface area contributed by atoms with Gasteiger partial charge in [-0.3, -0.25) is 19.8 Å². The van der Waals surface area contributed by atoms with E-state index in [1.165, 1.54) is 17.5 Å². The molecule has 2 N–H and O–H groups in total. The molecule has 1 aliphatic heterocycles. The third-order valence-electron chi connectivity index (χ3n) is 5.16. The zero-order valence-electron chi connectivity index (χ0n) is 19.8. The first kappa shape index (κ1) is 25.0. The summed E-state index contributed by atoms with van der Waals surface area (Å²) in [6.07, 6.45) is 1.72. The van der Waals surface area contributed by atoms with Gasteiger partial charge in [-0.15, -0.1) is 0 Å². The second-order valence-electron chi connectivity index (χ2n) is 7.92. The summed E-state index contributed by atoms with van der Waals surface area (Å²) in [5, 5.41) is 4.25. The van der Waals surface area contributed by atoms with Crippen molar-refractivity contribution in [3.8, 4) is 5.75 Å². The Labute approximate surface area is 203 Å². The van der Waals surface area contributed by atoms with Crippen LogP contribution in [0, 0.1) is 0 Å². The highest BCUT2D eigenvalue weighted by atomic mass is 32.2. The van der Waals surface area contributed by atoms with Crippen molar-refractivity contribution in [3.63, 3.8) is 0 Å². The number of carbonyl (C=O) groups excluding carboxylic acids is 3. The summed E-state index contributed by atoms with van der Waals surface area (Å²) in [4.78, 5) is 43.3. The maximum atomic E-state index is 13.4. The van der Waals surface area contributed by atoms with Crippen molar-refractivity contribution in [1.29, 1.82) is 0 Å². The molecule has 0 radical (unpaired) electrons. The Hall–Kier alpha value is -3.59. The first-order valence-electron chi connectivity index (χ1n) is 10.8. The Bertz CT molecular complexity index is 1140. The van der Waals surface area contributed by atoms with E-state index < -0.39 is 17.2 Å². The summed E-state index contributed by atoms with van der Waals surface area (Å²) < 4.78 is 5.31. The van der Waals surface area contributed by atoms with Crippen LogP contribution in [0.5, 0.6) is 5.75 Å². The summed E-state index contributed by atoms with van der Waals surface area (Å²) in [6.45, 7) is 5.89. The SMILES string of the molecule is CNC(=O)NC(=O)[C@@H](C)SC1=N/C(=C/c2ccc(C(C)C)cc2)C(=O)N1c1cccc(OC)c1. The number of carbonyl (C=O) groups is 3. The minimum absolute atomic E-state index is 0.251. The van der Waals surface area contributed by atoms with E-state index in [9.17, 15) is 14.4 Å². The van der Waals surface area contributed by atoms with Crippen LogP contribution >= 0.6 is 11.8 Å². The van der Waals surface area contributed by atoms with Crippen molar-refractivity contribution in [2.24, 2.45) is 4.99 Å². The van der Waals surface area contributed by atoms with Crippen molar-refractivity contribution in [2.45, 2.75) is 31.9 Å². The highest BCUT2D eigenvalue weighted by Gasteiger charge is 2.34. The van der Waals surface area contributed by atoms with Crippen LogP contribution in [0.15, 0.2) is 59.2 Å². The number of aliphatic imine (C=N–C) groups is 1. The van der Waals surface area contributed by atoms with Crippen molar-refractivity contribution in [1.82, 2.24) is 10.6 Å². The second-order valence-corrected chi connectivity index (χ2v) is 9.22. The van der Waals surface area contributed by atoms with Gasteiger partial charge in [0.15, 0.2) is 5.17 Å². The first-order chi connectivity index (χ1) is 16.2. The molecule has 1 atom stereocenters. The fourth-order valence-electron chi connectivity index (χ4n) is 3.18. The number of urea groups is 1. The van der Waals surface area contributed by atoms with Crippen molar-refractivity contribution in [2.75, 3.05) is 19.1 Å². The van der Waals surface area contributed by atoms with Gasteiger partial charge in [0.25, 0.3) is 5.91 Å². The van der Waals surface area contributed by atoms with Crippen LogP contribution < -0.4 is 20.3 Å². The van der Waals surface area contributed by atoms with Crippen molar-refractivity contribution < 1.29 is 19.1 Å². The number of benzene rings is 2. The molecule has 1 aliphatic rings. The van der Waals surface area contributed by atoms with E-state index in [1.54, 1.807) is 44.4 Å². The molecule has 1 heterocycles. The molecule has 0 aromatic heterocycles. The number of amides is 4. The highest BCUT2D eigenvalue weighted by molar-refractivity contribution is 8.15. The Morgan fingerprint density at radius 3 is 2.44 bits per heavy atom.